The third-order valence-electron chi connectivity index (χ3n) is 2.81. The van der Waals surface area contributed by atoms with Crippen LogP contribution in [0.5, 0.6) is 5.75 Å². The highest BCUT2D eigenvalue weighted by atomic mass is 32.1. The summed E-state index contributed by atoms with van der Waals surface area (Å²) >= 11 is 4.88. The average molecular weight is 275 g/mol. The van der Waals surface area contributed by atoms with Crippen molar-refractivity contribution in [2.24, 2.45) is 5.73 Å². The fourth-order valence-electron chi connectivity index (χ4n) is 1.71. The number of hydrogen-bond donors (Lipinski definition) is 1. The van der Waals surface area contributed by atoms with Gasteiger partial charge in [0.2, 0.25) is 0 Å². The molecule has 0 unspecified atom stereocenters. The minimum atomic E-state index is -0.325. The van der Waals surface area contributed by atoms with Gasteiger partial charge in [0.25, 0.3) is 0 Å². The first-order chi connectivity index (χ1) is 9.08. The van der Waals surface area contributed by atoms with E-state index in [1.165, 1.54) is 6.07 Å². The molecule has 98 valence electrons. The molecule has 0 atom stereocenters. The summed E-state index contributed by atoms with van der Waals surface area (Å²) in [5.41, 5.74) is 7.62. The van der Waals surface area contributed by atoms with Gasteiger partial charge >= 0.3 is 0 Å². The lowest BCUT2D eigenvalue weighted by molar-refractivity contribution is 0.298. The van der Waals surface area contributed by atoms with Crippen molar-refractivity contribution in [3.8, 4) is 5.75 Å². The Morgan fingerprint density at radius 2 is 2.00 bits per heavy atom. The number of benzene rings is 2. The van der Waals surface area contributed by atoms with Gasteiger partial charge in [0.15, 0.2) is 0 Å². The highest BCUT2D eigenvalue weighted by molar-refractivity contribution is 7.80. The van der Waals surface area contributed by atoms with E-state index in [0.29, 0.717) is 11.1 Å². The van der Waals surface area contributed by atoms with Crippen molar-refractivity contribution in [3.63, 3.8) is 0 Å². The van der Waals surface area contributed by atoms with Crippen molar-refractivity contribution < 1.29 is 9.13 Å². The topological polar surface area (TPSA) is 35.2 Å². The van der Waals surface area contributed by atoms with Gasteiger partial charge in [-0.15, -0.1) is 0 Å². The van der Waals surface area contributed by atoms with E-state index in [0.717, 1.165) is 11.3 Å². The number of halogens is 1. The van der Waals surface area contributed by atoms with Crippen LogP contribution in [0, 0.1) is 12.7 Å². The van der Waals surface area contributed by atoms with Gasteiger partial charge in [-0.1, -0.05) is 30.4 Å². The molecule has 2 N–H and O–H groups in total. The maximum Gasteiger partial charge on any atom is 0.129 e. The SMILES string of the molecule is Cc1ccccc1OCc1cc(C(N)=S)ccc1F. The van der Waals surface area contributed by atoms with Crippen molar-refractivity contribution in [1.82, 2.24) is 0 Å². The lowest BCUT2D eigenvalue weighted by atomic mass is 10.1. The molecule has 2 aromatic rings. The number of ether oxygens (including phenoxy) is 1. The van der Waals surface area contributed by atoms with E-state index in [2.05, 4.69) is 0 Å². The number of nitrogens with two attached hydrogens (primary N) is 1. The van der Waals surface area contributed by atoms with Crippen molar-refractivity contribution in [2.45, 2.75) is 13.5 Å². The molecule has 0 fully saturated rings. The van der Waals surface area contributed by atoms with E-state index in [1.807, 2.05) is 31.2 Å². The summed E-state index contributed by atoms with van der Waals surface area (Å²) in [7, 11) is 0. The van der Waals surface area contributed by atoms with Crippen LogP contribution in [0.15, 0.2) is 42.5 Å². The highest BCUT2D eigenvalue weighted by Gasteiger charge is 2.07. The molecule has 0 saturated heterocycles. The predicted octanol–water partition coefficient (Wildman–Crippen LogP) is 3.35. The van der Waals surface area contributed by atoms with E-state index >= 15 is 0 Å². The van der Waals surface area contributed by atoms with E-state index in [-0.39, 0.29) is 17.4 Å². The fraction of sp³-hybridized carbons (Fsp3) is 0.133. The van der Waals surface area contributed by atoms with Gasteiger partial charge in [-0.25, -0.2) is 4.39 Å². The average Bonchev–Trinajstić information content (AvgIpc) is 2.39. The summed E-state index contributed by atoms with van der Waals surface area (Å²) in [5, 5.41) is 0. The summed E-state index contributed by atoms with van der Waals surface area (Å²) in [4.78, 5) is 0.247. The van der Waals surface area contributed by atoms with Gasteiger partial charge in [-0.05, 0) is 36.8 Å². The van der Waals surface area contributed by atoms with Gasteiger partial charge in [-0.3, -0.25) is 0 Å². The molecular formula is C15H14FNOS. The second-order valence-corrected chi connectivity index (χ2v) is 4.66. The summed E-state index contributed by atoms with van der Waals surface area (Å²) in [5.74, 6) is 0.413. The molecule has 0 aliphatic carbocycles. The van der Waals surface area contributed by atoms with Gasteiger partial charge in [-0.2, -0.15) is 0 Å². The third-order valence-corrected chi connectivity index (χ3v) is 3.04. The molecule has 0 amide bonds. The van der Waals surface area contributed by atoms with Crippen LogP contribution < -0.4 is 10.5 Å². The van der Waals surface area contributed by atoms with Crippen LogP contribution in [0.3, 0.4) is 0 Å². The molecule has 0 radical (unpaired) electrons. The minimum absolute atomic E-state index is 0.146. The second kappa shape index (κ2) is 5.80. The van der Waals surface area contributed by atoms with Gasteiger partial charge in [0, 0.05) is 11.1 Å². The Balaban J connectivity index is 2.17. The largest absolute Gasteiger partial charge is 0.489 e. The standard InChI is InChI=1S/C15H14FNOS/c1-10-4-2-3-5-14(10)18-9-12-8-11(15(17)19)6-7-13(12)16/h2-8H,9H2,1H3,(H2,17,19). The van der Waals surface area contributed by atoms with E-state index < -0.39 is 0 Å². The smallest absolute Gasteiger partial charge is 0.129 e. The maximum atomic E-state index is 13.7. The summed E-state index contributed by atoms with van der Waals surface area (Å²) in [6.45, 7) is 2.09. The first-order valence-electron chi connectivity index (χ1n) is 5.84. The number of thiocarbonyl (C=S) groups is 1. The Bertz CT molecular complexity index is 613. The van der Waals surface area contributed by atoms with Crippen LogP contribution in [0.4, 0.5) is 4.39 Å². The van der Waals surface area contributed by atoms with Crippen LogP contribution in [-0.4, -0.2) is 4.99 Å². The molecule has 0 saturated carbocycles. The van der Waals surface area contributed by atoms with E-state index in [9.17, 15) is 4.39 Å². The highest BCUT2D eigenvalue weighted by Crippen LogP contribution is 2.19. The van der Waals surface area contributed by atoms with Crippen molar-refractivity contribution in [2.75, 3.05) is 0 Å². The zero-order chi connectivity index (χ0) is 13.8. The first kappa shape index (κ1) is 13.5. The molecule has 0 bridgehead atoms. The minimum Gasteiger partial charge on any atom is -0.489 e. The van der Waals surface area contributed by atoms with Crippen LogP contribution in [0.25, 0.3) is 0 Å². The number of para-hydroxylation sites is 1. The molecule has 4 heteroatoms. The number of rotatable bonds is 4. The monoisotopic (exact) mass is 275 g/mol. The Morgan fingerprint density at radius 1 is 1.26 bits per heavy atom. The lowest BCUT2D eigenvalue weighted by Crippen LogP contribution is -2.10. The Labute approximate surface area is 117 Å². The third kappa shape index (κ3) is 3.29. The maximum absolute atomic E-state index is 13.7. The molecule has 0 spiro atoms. The number of aryl methyl sites for hydroxylation is 1. The summed E-state index contributed by atoms with van der Waals surface area (Å²) in [6.07, 6.45) is 0. The molecule has 0 aliphatic rings. The van der Waals surface area contributed by atoms with Crippen molar-refractivity contribution in [3.05, 3.63) is 65.0 Å². The van der Waals surface area contributed by atoms with Crippen molar-refractivity contribution in [1.29, 1.82) is 0 Å². The Hall–Kier alpha value is -1.94. The summed E-state index contributed by atoms with van der Waals surface area (Å²) < 4.78 is 19.3. The van der Waals surface area contributed by atoms with Crippen LogP contribution in [-0.2, 0) is 6.61 Å². The van der Waals surface area contributed by atoms with E-state index in [4.69, 9.17) is 22.7 Å². The molecule has 0 heterocycles. The molecule has 2 aromatic carbocycles. The number of hydrogen-bond acceptors (Lipinski definition) is 2. The zero-order valence-corrected chi connectivity index (χ0v) is 11.3. The molecule has 19 heavy (non-hydrogen) atoms. The predicted molar refractivity (Wildman–Crippen MR) is 77.8 cm³/mol. The normalized spacial score (nSPS) is 10.2. The fourth-order valence-corrected chi connectivity index (χ4v) is 1.84. The van der Waals surface area contributed by atoms with Gasteiger partial charge in [0.1, 0.15) is 23.2 Å². The molecular weight excluding hydrogens is 261 g/mol. The van der Waals surface area contributed by atoms with Crippen molar-refractivity contribution >= 4 is 17.2 Å². The Kier molecular flexibility index (Phi) is 4.12. The molecule has 2 rings (SSSR count). The lowest BCUT2D eigenvalue weighted by Gasteiger charge is -2.10. The molecule has 0 aromatic heterocycles. The van der Waals surface area contributed by atoms with Crippen LogP contribution in [0.1, 0.15) is 16.7 Å². The second-order valence-electron chi connectivity index (χ2n) is 4.22. The van der Waals surface area contributed by atoms with Crippen LogP contribution in [0.2, 0.25) is 0 Å². The van der Waals surface area contributed by atoms with E-state index in [1.54, 1.807) is 12.1 Å². The van der Waals surface area contributed by atoms with Gasteiger partial charge < -0.3 is 10.5 Å². The van der Waals surface area contributed by atoms with Gasteiger partial charge in [0.05, 0.1) is 0 Å². The van der Waals surface area contributed by atoms with Crippen LogP contribution >= 0.6 is 12.2 Å². The quantitative estimate of drug-likeness (QED) is 0.869. The molecule has 0 aliphatic heterocycles. The molecule has 2 nitrogen and oxygen atoms in total. The summed E-state index contributed by atoms with van der Waals surface area (Å²) in [6, 6.07) is 12.1. The zero-order valence-electron chi connectivity index (χ0n) is 10.5. The Morgan fingerprint density at radius 3 is 2.68 bits per heavy atom. The first-order valence-corrected chi connectivity index (χ1v) is 6.25.